The Labute approximate surface area is 103 Å². The summed E-state index contributed by atoms with van der Waals surface area (Å²) in [5, 5.41) is 11.9. The molecule has 17 heavy (non-hydrogen) atoms. The molecule has 1 N–H and O–H groups in total. The molecule has 0 amide bonds. The first-order valence-electron chi connectivity index (χ1n) is 5.97. The van der Waals surface area contributed by atoms with E-state index in [9.17, 15) is 0 Å². The van der Waals surface area contributed by atoms with Gasteiger partial charge in [0.05, 0.1) is 11.9 Å². The second-order valence-corrected chi connectivity index (χ2v) is 4.21. The van der Waals surface area contributed by atoms with Crippen LogP contribution in [0.15, 0.2) is 18.3 Å². The number of aromatic nitrogens is 1. The number of hydrogen-bond donors (Lipinski definition) is 1. The van der Waals surface area contributed by atoms with Crippen LogP contribution in [0, 0.1) is 11.3 Å². The summed E-state index contributed by atoms with van der Waals surface area (Å²) in [6.45, 7) is 6.30. The monoisotopic (exact) mass is 232 g/mol. The van der Waals surface area contributed by atoms with Crippen LogP contribution >= 0.6 is 0 Å². The Bertz CT molecular complexity index is 366. The van der Waals surface area contributed by atoms with Crippen LogP contribution in [0.4, 0.5) is 5.69 Å². The number of nitriles is 1. The Hall–Kier alpha value is -1.60. The molecule has 4 heteroatoms. The van der Waals surface area contributed by atoms with Crippen molar-refractivity contribution in [3.8, 4) is 6.07 Å². The molecule has 0 fully saturated rings. The molecule has 0 saturated heterocycles. The molecule has 0 aromatic carbocycles. The van der Waals surface area contributed by atoms with Crippen LogP contribution in [0.2, 0.25) is 0 Å². The van der Waals surface area contributed by atoms with Gasteiger partial charge in [0.25, 0.3) is 0 Å². The SMILES string of the molecule is CCC(C)N(C)CCNc1ccc(C#N)nc1. The van der Waals surface area contributed by atoms with E-state index < -0.39 is 0 Å². The van der Waals surface area contributed by atoms with Crippen molar-refractivity contribution in [2.24, 2.45) is 0 Å². The van der Waals surface area contributed by atoms with Crippen LogP contribution in [0.25, 0.3) is 0 Å². The predicted octanol–water partition coefficient (Wildman–Crippen LogP) is 2.10. The third kappa shape index (κ3) is 4.41. The van der Waals surface area contributed by atoms with Crippen LogP contribution < -0.4 is 5.32 Å². The Morgan fingerprint density at radius 2 is 2.29 bits per heavy atom. The lowest BCUT2D eigenvalue weighted by molar-refractivity contribution is 0.261. The fourth-order valence-electron chi connectivity index (χ4n) is 1.47. The minimum absolute atomic E-state index is 0.451. The van der Waals surface area contributed by atoms with E-state index in [-0.39, 0.29) is 0 Å². The van der Waals surface area contributed by atoms with E-state index in [1.54, 1.807) is 12.3 Å². The Morgan fingerprint density at radius 1 is 1.53 bits per heavy atom. The maximum absolute atomic E-state index is 8.63. The van der Waals surface area contributed by atoms with E-state index in [2.05, 4.69) is 36.1 Å². The van der Waals surface area contributed by atoms with Crippen molar-refractivity contribution < 1.29 is 0 Å². The molecule has 0 saturated carbocycles. The Balaban J connectivity index is 2.33. The van der Waals surface area contributed by atoms with E-state index in [0.29, 0.717) is 11.7 Å². The minimum atomic E-state index is 0.451. The van der Waals surface area contributed by atoms with Crippen LogP contribution in [0.1, 0.15) is 26.0 Å². The van der Waals surface area contributed by atoms with Crippen LogP contribution in [0.5, 0.6) is 0 Å². The van der Waals surface area contributed by atoms with Gasteiger partial charge in [-0.15, -0.1) is 0 Å². The third-order valence-electron chi connectivity index (χ3n) is 3.01. The molecule has 1 unspecified atom stereocenters. The zero-order valence-electron chi connectivity index (χ0n) is 10.8. The van der Waals surface area contributed by atoms with Crippen molar-refractivity contribution in [2.75, 3.05) is 25.5 Å². The van der Waals surface area contributed by atoms with Crippen molar-refractivity contribution >= 4 is 5.69 Å². The zero-order valence-corrected chi connectivity index (χ0v) is 10.8. The summed E-state index contributed by atoms with van der Waals surface area (Å²) in [7, 11) is 2.13. The molecule has 92 valence electrons. The highest BCUT2D eigenvalue weighted by Crippen LogP contribution is 2.05. The van der Waals surface area contributed by atoms with Gasteiger partial charge >= 0.3 is 0 Å². The molecule has 0 bridgehead atoms. The standard InChI is InChI=1S/C13H20N4/c1-4-11(2)17(3)8-7-15-13-6-5-12(9-14)16-10-13/h5-6,10-11,15H,4,7-8H2,1-3H3. The smallest absolute Gasteiger partial charge is 0.140 e. The lowest BCUT2D eigenvalue weighted by Crippen LogP contribution is -2.32. The minimum Gasteiger partial charge on any atom is -0.383 e. The molecule has 1 aromatic rings. The lowest BCUT2D eigenvalue weighted by Gasteiger charge is -2.23. The summed E-state index contributed by atoms with van der Waals surface area (Å²) in [6.07, 6.45) is 2.86. The number of nitrogens with zero attached hydrogens (tertiary/aromatic N) is 3. The normalized spacial score (nSPS) is 12.2. The van der Waals surface area contributed by atoms with Crippen molar-refractivity contribution in [3.05, 3.63) is 24.0 Å². The van der Waals surface area contributed by atoms with Crippen molar-refractivity contribution in [2.45, 2.75) is 26.3 Å². The summed E-state index contributed by atoms with van der Waals surface area (Å²) >= 11 is 0. The number of likely N-dealkylation sites (N-methyl/N-ethyl adjacent to an activating group) is 1. The van der Waals surface area contributed by atoms with Crippen molar-refractivity contribution in [1.29, 1.82) is 5.26 Å². The summed E-state index contributed by atoms with van der Waals surface area (Å²) in [5.74, 6) is 0. The summed E-state index contributed by atoms with van der Waals surface area (Å²) in [6, 6.07) is 6.22. The van der Waals surface area contributed by atoms with E-state index in [4.69, 9.17) is 5.26 Å². The Morgan fingerprint density at radius 3 is 2.82 bits per heavy atom. The molecule has 0 aliphatic carbocycles. The molecule has 0 radical (unpaired) electrons. The van der Waals surface area contributed by atoms with Gasteiger partial charge in [-0.3, -0.25) is 0 Å². The lowest BCUT2D eigenvalue weighted by atomic mass is 10.2. The summed E-state index contributed by atoms with van der Waals surface area (Å²) in [4.78, 5) is 6.33. The Kier molecular flexibility index (Phi) is 5.44. The average Bonchev–Trinajstić information content (AvgIpc) is 2.38. The van der Waals surface area contributed by atoms with E-state index in [1.165, 1.54) is 0 Å². The van der Waals surface area contributed by atoms with Crippen molar-refractivity contribution in [1.82, 2.24) is 9.88 Å². The molecule has 0 aliphatic heterocycles. The topological polar surface area (TPSA) is 52.0 Å². The number of nitrogens with one attached hydrogen (secondary N) is 1. The van der Waals surface area contributed by atoms with E-state index in [0.717, 1.165) is 25.2 Å². The van der Waals surface area contributed by atoms with Crippen LogP contribution in [-0.4, -0.2) is 36.1 Å². The number of pyridine rings is 1. The predicted molar refractivity (Wildman–Crippen MR) is 69.8 cm³/mol. The van der Waals surface area contributed by atoms with Gasteiger partial charge in [-0.1, -0.05) is 6.92 Å². The first kappa shape index (κ1) is 13.5. The first-order valence-corrected chi connectivity index (χ1v) is 5.97. The molecule has 1 heterocycles. The molecular formula is C13H20N4. The van der Waals surface area contributed by atoms with Gasteiger partial charge in [-0.2, -0.15) is 5.26 Å². The summed E-state index contributed by atoms with van der Waals surface area (Å²) in [5.41, 5.74) is 1.41. The molecule has 1 atom stereocenters. The van der Waals surface area contributed by atoms with Gasteiger partial charge in [0.15, 0.2) is 0 Å². The maximum Gasteiger partial charge on any atom is 0.140 e. The fraction of sp³-hybridized carbons (Fsp3) is 0.538. The molecule has 4 nitrogen and oxygen atoms in total. The highest BCUT2D eigenvalue weighted by Gasteiger charge is 2.05. The highest BCUT2D eigenvalue weighted by molar-refractivity contribution is 5.42. The second kappa shape index (κ2) is 6.87. The second-order valence-electron chi connectivity index (χ2n) is 4.21. The van der Waals surface area contributed by atoms with Gasteiger partial charge in [-0.25, -0.2) is 4.98 Å². The molecular weight excluding hydrogens is 212 g/mol. The van der Waals surface area contributed by atoms with Gasteiger partial charge in [-0.05, 0) is 32.5 Å². The largest absolute Gasteiger partial charge is 0.383 e. The third-order valence-corrected chi connectivity index (χ3v) is 3.01. The number of rotatable bonds is 6. The average molecular weight is 232 g/mol. The van der Waals surface area contributed by atoms with Gasteiger partial charge in [0.2, 0.25) is 0 Å². The zero-order chi connectivity index (χ0) is 12.7. The highest BCUT2D eigenvalue weighted by atomic mass is 15.1. The summed E-state index contributed by atoms with van der Waals surface area (Å²) < 4.78 is 0. The van der Waals surface area contributed by atoms with Crippen LogP contribution in [-0.2, 0) is 0 Å². The van der Waals surface area contributed by atoms with Gasteiger partial charge in [0, 0.05) is 19.1 Å². The molecule has 0 aliphatic rings. The first-order chi connectivity index (χ1) is 8.17. The quantitative estimate of drug-likeness (QED) is 0.816. The van der Waals surface area contributed by atoms with E-state index in [1.807, 2.05) is 12.1 Å². The number of hydrogen-bond acceptors (Lipinski definition) is 4. The number of anilines is 1. The fourth-order valence-corrected chi connectivity index (χ4v) is 1.47. The van der Waals surface area contributed by atoms with Gasteiger partial charge < -0.3 is 10.2 Å². The van der Waals surface area contributed by atoms with E-state index >= 15 is 0 Å². The molecule has 0 spiro atoms. The van der Waals surface area contributed by atoms with Crippen molar-refractivity contribution in [3.63, 3.8) is 0 Å². The molecule has 1 rings (SSSR count). The van der Waals surface area contributed by atoms with Gasteiger partial charge in [0.1, 0.15) is 11.8 Å². The maximum atomic E-state index is 8.63. The van der Waals surface area contributed by atoms with Crippen LogP contribution in [0.3, 0.4) is 0 Å². The molecule has 1 aromatic heterocycles.